The highest BCUT2D eigenvalue weighted by Gasteiger charge is 2.18. The van der Waals surface area contributed by atoms with Crippen molar-refractivity contribution in [3.05, 3.63) is 64.7 Å². The van der Waals surface area contributed by atoms with Crippen LogP contribution in [0.1, 0.15) is 5.56 Å². The van der Waals surface area contributed by atoms with E-state index < -0.39 is 0 Å². The van der Waals surface area contributed by atoms with Crippen LogP contribution in [0, 0.1) is 0 Å². The van der Waals surface area contributed by atoms with Crippen LogP contribution in [0.4, 0.5) is 0 Å². The molecule has 3 rings (SSSR count). The number of methoxy groups -OCH3 is 1. The molecule has 3 nitrogen and oxygen atoms in total. The summed E-state index contributed by atoms with van der Waals surface area (Å²) < 4.78 is 5.19. The quantitative estimate of drug-likeness (QED) is 0.783. The van der Waals surface area contributed by atoms with E-state index in [1.807, 2.05) is 48.5 Å². The number of nitrogens with zero attached hydrogens (tertiary/aromatic N) is 1. The smallest absolute Gasteiger partial charge is 0.278 e. The lowest BCUT2D eigenvalue weighted by Gasteiger charge is -2.00. The van der Waals surface area contributed by atoms with Crippen molar-refractivity contribution >= 4 is 11.5 Å². The number of amides is 1. The standard InChI is InChI=1S/C15H11NO2/c1-18-11-7-8-13-12(9-11)14(15(17)16-13)10-5-3-2-4-6-10/h2-9H,1H3. The molecule has 1 amide bonds. The summed E-state index contributed by atoms with van der Waals surface area (Å²) in [7, 11) is 1.61. The molecular weight excluding hydrogens is 226 g/mol. The van der Waals surface area contributed by atoms with E-state index in [9.17, 15) is 4.79 Å². The zero-order valence-electron chi connectivity index (χ0n) is 9.88. The Balaban J connectivity index is 2.35. The lowest BCUT2D eigenvalue weighted by molar-refractivity contribution is -0.112. The van der Waals surface area contributed by atoms with E-state index in [1.54, 1.807) is 7.11 Å². The first-order valence-corrected chi connectivity index (χ1v) is 5.66. The minimum Gasteiger partial charge on any atom is -0.497 e. The molecule has 0 atom stereocenters. The number of ether oxygens (including phenoxy) is 1. The molecule has 1 aliphatic rings. The maximum absolute atomic E-state index is 12.0. The van der Waals surface area contributed by atoms with Crippen LogP contribution in [0.2, 0.25) is 0 Å². The fourth-order valence-corrected chi connectivity index (χ4v) is 2.10. The Kier molecular flexibility index (Phi) is 2.45. The Hall–Kier alpha value is -2.42. The molecule has 0 fully saturated rings. The monoisotopic (exact) mass is 237 g/mol. The molecule has 88 valence electrons. The first-order chi connectivity index (χ1) is 8.79. The Morgan fingerprint density at radius 1 is 1.06 bits per heavy atom. The number of fused-ring (bicyclic) bond motifs is 1. The van der Waals surface area contributed by atoms with E-state index in [1.165, 1.54) is 0 Å². The first-order valence-electron chi connectivity index (χ1n) is 5.66. The minimum absolute atomic E-state index is 0.190. The lowest BCUT2D eigenvalue weighted by Crippen LogP contribution is -2.23. The highest BCUT2D eigenvalue weighted by Crippen LogP contribution is 2.15. The molecule has 0 aliphatic carbocycles. The van der Waals surface area contributed by atoms with Crippen molar-refractivity contribution in [3.8, 4) is 5.75 Å². The second-order valence-corrected chi connectivity index (χ2v) is 4.04. The van der Waals surface area contributed by atoms with Crippen molar-refractivity contribution in [2.45, 2.75) is 0 Å². The molecule has 0 N–H and O–H groups in total. The van der Waals surface area contributed by atoms with E-state index in [4.69, 9.17) is 4.74 Å². The highest BCUT2D eigenvalue weighted by molar-refractivity contribution is 6.20. The predicted octanol–water partition coefficient (Wildman–Crippen LogP) is 1.05. The lowest BCUT2D eigenvalue weighted by atomic mass is 10.0. The average Bonchev–Trinajstić information content (AvgIpc) is 2.74. The summed E-state index contributed by atoms with van der Waals surface area (Å²) in [5, 5.41) is 1.55. The third kappa shape index (κ3) is 1.61. The van der Waals surface area contributed by atoms with Gasteiger partial charge in [0.05, 0.1) is 18.0 Å². The van der Waals surface area contributed by atoms with Crippen LogP contribution in [0.5, 0.6) is 5.75 Å². The van der Waals surface area contributed by atoms with E-state index in [0.29, 0.717) is 10.9 Å². The maximum Gasteiger partial charge on any atom is 0.278 e. The summed E-state index contributed by atoms with van der Waals surface area (Å²) >= 11 is 0. The van der Waals surface area contributed by atoms with Gasteiger partial charge in [0.15, 0.2) is 0 Å². The number of hydrogen-bond acceptors (Lipinski definition) is 2. The third-order valence-electron chi connectivity index (χ3n) is 2.97. The van der Waals surface area contributed by atoms with Crippen LogP contribution in [0.25, 0.3) is 5.57 Å². The number of carbonyl (C=O) groups excluding carboxylic acids is 1. The molecule has 1 heterocycles. The molecular formula is C15H11NO2. The largest absolute Gasteiger partial charge is 0.497 e. The van der Waals surface area contributed by atoms with Crippen molar-refractivity contribution in [2.75, 3.05) is 7.11 Å². The predicted molar refractivity (Wildman–Crippen MR) is 67.7 cm³/mol. The number of benzene rings is 2. The summed E-state index contributed by atoms with van der Waals surface area (Å²) in [5.74, 6) is 0.538. The van der Waals surface area contributed by atoms with Gasteiger partial charge < -0.3 is 4.74 Å². The molecule has 1 aliphatic heterocycles. The molecule has 2 aromatic rings. The average molecular weight is 237 g/mol. The molecule has 0 bridgehead atoms. The number of carbonyl (C=O) groups is 1. The molecule has 0 aromatic heterocycles. The molecule has 0 saturated heterocycles. The third-order valence-corrected chi connectivity index (χ3v) is 2.97. The summed E-state index contributed by atoms with van der Waals surface area (Å²) in [6, 6.07) is 15.0. The normalized spacial score (nSPS) is 13.2. The van der Waals surface area contributed by atoms with Crippen molar-refractivity contribution in [2.24, 2.45) is 4.99 Å². The SMILES string of the molecule is COc1ccc2c(c1)=C(c1ccccc1)C(=O)N=2. The van der Waals surface area contributed by atoms with Gasteiger partial charge >= 0.3 is 0 Å². The van der Waals surface area contributed by atoms with Crippen molar-refractivity contribution < 1.29 is 9.53 Å². The molecule has 3 heteroatoms. The fraction of sp³-hybridized carbons (Fsp3) is 0.0667. The second kappa shape index (κ2) is 4.11. The first kappa shape index (κ1) is 10.7. The Bertz CT molecular complexity index is 733. The van der Waals surface area contributed by atoms with E-state index in [-0.39, 0.29) is 5.91 Å². The van der Waals surface area contributed by atoms with Gasteiger partial charge in [0, 0.05) is 5.22 Å². The van der Waals surface area contributed by atoms with Gasteiger partial charge in [-0.05, 0) is 23.8 Å². The summed E-state index contributed by atoms with van der Waals surface area (Å²) in [5.41, 5.74) is 1.53. The van der Waals surface area contributed by atoms with Crippen molar-refractivity contribution in [1.82, 2.24) is 0 Å². The van der Waals surface area contributed by atoms with Gasteiger partial charge in [0.1, 0.15) is 5.75 Å². The second-order valence-electron chi connectivity index (χ2n) is 4.04. The Morgan fingerprint density at radius 3 is 2.56 bits per heavy atom. The minimum atomic E-state index is -0.190. The van der Waals surface area contributed by atoms with Gasteiger partial charge in [-0.1, -0.05) is 30.3 Å². The van der Waals surface area contributed by atoms with Crippen LogP contribution < -0.4 is 15.3 Å². The van der Waals surface area contributed by atoms with Crippen LogP contribution in [-0.4, -0.2) is 13.0 Å². The zero-order chi connectivity index (χ0) is 12.5. The molecule has 0 saturated carbocycles. The summed E-state index contributed by atoms with van der Waals surface area (Å²) in [6.45, 7) is 0. The van der Waals surface area contributed by atoms with E-state index in [2.05, 4.69) is 4.99 Å². The number of rotatable bonds is 2. The van der Waals surface area contributed by atoms with Gasteiger partial charge in [-0.2, -0.15) is 0 Å². The van der Waals surface area contributed by atoms with Gasteiger partial charge in [0.2, 0.25) is 0 Å². The molecule has 0 unspecified atom stereocenters. The Labute approximate surface area is 104 Å². The molecule has 0 radical (unpaired) electrons. The Morgan fingerprint density at radius 2 is 1.83 bits per heavy atom. The van der Waals surface area contributed by atoms with Gasteiger partial charge in [0.25, 0.3) is 5.91 Å². The fourth-order valence-electron chi connectivity index (χ4n) is 2.10. The van der Waals surface area contributed by atoms with Crippen molar-refractivity contribution in [1.29, 1.82) is 0 Å². The van der Waals surface area contributed by atoms with Crippen LogP contribution in [0.3, 0.4) is 0 Å². The van der Waals surface area contributed by atoms with Crippen LogP contribution in [-0.2, 0) is 4.79 Å². The molecule has 2 aromatic carbocycles. The van der Waals surface area contributed by atoms with Crippen molar-refractivity contribution in [3.63, 3.8) is 0 Å². The highest BCUT2D eigenvalue weighted by atomic mass is 16.5. The van der Waals surface area contributed by atoms with E-state index >= 15 is 0 Å². The van der Waals surface area contributed by atoms with Gasteiger partial charge in [-0.15, -0.1) is 0 Å². The van der Waals surface area contributed by atoms with Crippen LogP contribution >= 0.6 is 0 Å². The van der Waals surface area contributed by atoms with Gasteiger partial charge in [-0.3, -0.25) is 4.79 Å². The van der Waals surface area contributed by atoms with E-state index in [0.717, 1.165) is 16.5 Å². The number of hydrogen-bond donors (Lipinski definition) is 0. The molecule has 0 spiro atoms. The van der Waals surface area contributed by atoms with Gasteiger partial charge in [-0.25, -0.2) is 4.99 Å². The zero-order valence-corrected chi connectivity index (χ0v) is 9.88. The topological polar surface area (TPSA) is 38.7 Å². The summed E-state index contributed by atoms with van der Waals surface area (Å²) in [6.07, 6.45) is 0. The maximum atomic E-state index is 12.0. The summed E-state index contributed by atoms with van der Waals surface area (Å²) in [4.78, 5) is 16.0. The van der Waals surface area contributed by atoms with Crippen LogP contribution in [0.15, 0.2) is 53.5 Å². The molecule has 18 heavy (non-hydrogen) atoms.